The average Bonchev–Trinajstić information content (AvgIpc) is 3.00. The van der Waals surface area contributed by atoms with Crippen molar-refractivity contribution in [3.8, 4) is 0 Å². The minimum atomic E-state index is -4.36. The first-order valence-corrected chi connectivity index (χ1v) is 19.2. The van der Waals surface area contributed by atoms with Crippen LogP contribution in [-0.4, -0.2) is 49.3 Å². The number of hydrogen-bond donors (Lipinski definition) is 2. The van der Waals surface area contributed by atoms with E-state index < -0.39 is 32.5 Å². The number of allylic oxidation sites excluding steroid dienone is 2. The fourth-order valence-corrected chi connectivity index (χ4v) is 5.50. The van der Waals surface area contributed by atoms with E-state index in [2.05, 4.69) is 26.0 Å². The summed E-state index contributed by atoms with van der Waals surface area (Å²) < 4.78 is 32.5. The maximum Gasteiger partial charge on any atom is 0.472 e. The Balaban J connectivity index is 4.27. The molecular formula is C34H66NO8P. The molecule has 2 atom stereocenters. The molecule has 0 spiro atoms. The van der Waals surface area contributed by atoms with E-state index in [1.807, 2.05) is 0 Å². The summed E-state index contributed by atoms with van der Waals surface area (Å²) in [5.74, 6) is -0.838. The van der Waals surface area contributed by atoms with Crippen LogP contribution in [0.2, 0.25) is 0 Å². The number of hydrogen-bond acceptors (Lipinski definition) is 8. The monoisotopic (exact) mass is 647 g/mol. The maximum atomic E-state index is 12.5. The molecule has 0 amide bonds. The van der Waals surface area contributed by atoms with Gasteiger partial charge in [0, 0.05) is 19.4 Å². The van der Waals surface area contributed by atoms with Crippen LogP contribution >= 0.6 is 7.82 Å². The Labute approximate surface area is 269 Å². The second kappa shape index (κ2) is 31.7. The summed E-state index contributed by atoms with van der Waals surface area (Å²) in [4.78, 5) is 34.5. The Morgan fingerprint density at radius 1 is 0.659 bits per heavy atom. The average molecular weight is 648 g/mol. The molecule has 0 fully saturated rings. The van der Waals surface area contributed by atoms with Crippen LogP contribution in [0, 0.1) is 0 Å². The van der Waals surface area contributed by atoms with Gasteiger partial charge in [0.25, 0.3) is 0 Å². The lowest BCUT2D eigenvalue weighted by atomic mass is 10.0. The summed E-state index contributed by atoms with van der Waals surface area (Å²) in [7, 11) is -4.36. The van der Waals surface area contributed by atoms with Crippen molar-refractivity contribution in [3.63, 3.8) is 0 Å². The summed E-state index contributed by atoms with van der Waals surface area (Å²) in [6.45, 7) is 3.66. The normalized spacial score (nSPS) is 13.6. The molecule has 260 valence electrons. The van der Waals surface area contributed by atoms with Crippen LogP contribution in [-0.2, 0) is 32.7 Å². The minimum Gasteiger partial charge on any atom is -0.462 e. The van der Waals surface area contributed by atoms with Crippen LogP contribution in [0.3, 0.4) is 0 Å². The third-order valence-electron chi connectivity index (χ3n) is 7.40. The van der Waals surface area contributed by atoms with Gasteiger partial charge in [0.05, 0.1) is 13.2 Å². The van der Waals surface area contributed by atoms with Crippen LogP contribution in [0.15, 0.2) is 12.2 Å². The predicted octanol–water partition coefficient (Wildman–Crippen LogP) is 9.10. The Kier molecular flexibility index (Phi) is 30.8. The number of nitrogens with two attached hydrogens (primary N) is 1. The zero-order valence-corrected chi connectivity index (χ0v) is 29.0. The van der Waals surface area contributed by atoms with Crippen molar-refractivity contribution in [3.05, 3.63) is 12.2 Å². The molecular weight excluding hydrogens is 581 g/mol. The summed E-state index contributed by atoms with van der Waals surface area (Å²) in [5, 5.41) is 0. The smallest absolute Gasteiger partial charge is 0.462 e. The van der Waals surface area contributed by atoms with E-state index in [9.17, 15) is 19.0 Å². The van der Waals surface area contributed by atoms with Crippen LogP contribution in [0.5, 0.6) is 0 Å². The van der Waals surface area contributed by atoms with Gasteiger partial charge in [-0.2, -0.15) is 0 Å². The predicted molar refractivity (Wildman–Crippen MR) is 178 cm³/mol. The number of rotatable bonds is 33. The van der Waals surface area contributed by atoms with Gasteiger partial charge in [-0.25, -0.2) is 4.57 Å². The van der Waals surface area contributed by atoms with Crippen molar-refractivity contribution in [2.75, 3.05) is 26.4 Å². The minimum absolute atomic E-state index is 0.0546. The zero-order chi connectivity index (χ0) is 32.6. The molecule has 0 aromatic heterocycles. The molecule has 0 aromatic carbocycles. The van der Waals surface area contributed by atoms with Crippen molar-refractivity contribution in [2.45, 2.75) is 168 Å². The van der Waals surface area contributed by atoms with Gasteiger partial charge in [-0.05, 0) is 32.1 Å². The van der Waals surface area contributed by atoms with Crippen molar-refractivity contribution in [2.24, 2.45) is 5.73 Å². The second-order valence-corrected chi connectivity index (χ2v) is 13.2. The number of phosphoric acid groups is 1. The maximum absolute atomic E-state index is 12.5. The Morgan fingerprint density at radius 2 is 1.14 bits per heavy atom. The highest BCUT2D eigenvalue weighted by Gasteiger charge is 2.25. The summed E-state index contributed by atoms with van der Waals surface area (Å²) in [6.07, 6.45) is 28.1. The van der Waals surface area contributed by atoms with E-state index in [0.717, 1.165) is 57.8 Å². The van der Waals surface area contributed by atoms with E-state index in [1.54, 1.807) is 0 Å². The van der Waals surface area contributed by atoms with E-state index >= 15 is 0 Å². The molecule has 0 aliphatic rings. The first kappa shape index (κ1) is 42.8. The molecule has 0 saturated carbocycles. The number of ether oxygens (including phenoxy) is 2. The summed E-state index contributed by atoms with van der Waals surface area (Å²) >= 11 is 0. The van der Waals surface area contributed by atoms with Crippen LogP contribution < -0.4 is 5.73 Å². The van der Waals surface area contributed by atoms with Crippen LogP contribution in [0.4, 0.5) is 0 Å². The molecule has 0 heterocycles. The summed E-state index contributed by atoms with van der Waals surface area (Å²) in [5.41, 5.74) is 5.32. The third-order valence-corrected chi connectivity index (χ3v) is 8.39. The van der Waals surface area contributed by atoms with Crippen LogP contribution in [0.25, 0.3) is 0 Å². The third kappa shape index (κ3) is 30.8. The first-order chi connectivity index (χ1) is 21.3. The molecule has 0 aromatic rings. The van der Waals surface area contributed by atoms with Gasteiger partial charge in [-0.1, -0.05) is 129 Å². The largest absolute Gasteiger partial charge is 0.472 e. The molecule has 10 heteroatoms. The molecule has 44 heavy (non-hydrogen) atoms. The number of esters is 2. The molecule has 0 aliphatic carbocycles. The highest BCUT2D eigenvalue weighted by molar-refractivity contribution is 7.47. The summed E-state index contributed by atoms with van der Waals surface area (Å²) in [6, 6.07) is 0. The van der Waals surface area contributed by atoms with Gasteiger partial charge in [-0.15, -0.1) is 0 Å². The van der Waals surface area contributed by atoms with Crippen molar-refractivity contribution >= 4 is 19.8 Å². The van der Waals surface area contributed by atoms with Gasteiger partial charge >= 0.3 is 19.8 Å². The standard InChI is InChI=1S/C34H66NO8P/c1-3-5-7-9-11-13-15-17-19-21-23-25-27-34(37)43-32(31-42-44(38,39)41-29-28-35)30-40-33(36)26-24-22-20-18-16-14-12-10-8-6-4-2/h10,12,32H,3-9,11,13-31,35H2,1-2H3,(H,38,39)/b12-10-/t32-/m1/s1. The van der Waals surface area contributed by atoms with Gasteiger partial charge in [0.1, 0.15) is 6.61 Å². The van der Waals surface area contributed by atoms with Crippen molar-refractivity contribution in [1.82, 2.24) is 0 Å². The Bertz CT molecular complexity index is 749. The lowest BCUT2D eigenvalue weighted by Gasteiger charge is -2.19. The molecule has 0 rings (SSSR count). The van der Waals surface area contributed by atoms with Gasteiger partial charge < -0.3 is 20.1 Å². The topological polar surface area (TPSA) is 134 Å². The molecule has 0 aliphatic heterocycles. The highest BCUT2D eigenvalue weighted by Crippen LogP contribution is 2.43. The van der Waals surface area contributed by atoms with Crippen LogP contribution in [0.1, 0.15) is 162 Å². The molecule has 1 unspecified atom stereocenters. The van der Waals surface area contributed by atoms with E-state index in [-0.39, 0.29) is 32.6 Å². The van der Waals surface area contributed by atoms with Crippen molar-refractivity contribution < 1.29 is 37.6 Å². The first-order valence-electron chi connectivity index (χ1n) is 17.7. The SMILES string of the molecule is CCCC/C=C\CCCCCCCC(=O)OC[C@H](COP(=O)(O)OCCN)OC(=O)CCCCCCCCCCCCCC. The number of carbonyl (C=O) groups excluding carboxylic acids is 2. The van der Waals surface area contributed by atoms with E-state index in [0.29, 0.717) is 6.42 Å². The number of unbranched alkanes of at least 4 members (excludes halogenated alkanes) is 18. The molecule has 3 N–H and O–H groups in total. The number of phosphoric ester groups is 1. The quantitative estimate of drug-likeness (QED) is 0.0309. The molecule has 0 saturated heterocycles. The molecule has 9 nitrogen and oxygen atoms in total. The van der Waals surface area contributed by atoms with E-state index in [1.165, 1.54) is 70.6 Å². The fourth-order valence-electron chi connectivity index (χ4n) is 4.73. The lowest BCUT2D eigenvalue weighted by Crippen LogP contribution is -2.29. The fraction of sp³-hybridized carbons (Fsp3) is 0.882. The Hall–Kier alpha value is -1.25. The zero-order valence-electron chi connectivity index (χ0n) is 28.2. The second-order valence-electron chi connectivity index (χ2n) is 11.7. The lowest BCUT2D eigenvalue weighted by molar-refractivity contribution is -0.161. The van der Waals surface area contributed by atoms with Crippen molar-refractivity contribution in [1.29, 1.82) is 0 Å². The highest BCUT2D eigenvalue weighted by atomic mass is 31.2. The number of carbonyl (C=O) groups is 2. The Morgan fingerprint density at radius 3 is 1.68 bits per heavy atom. The molecule has 0 radical (unpaired) electrons. The van der Waals surface area contributed by atoms with Gasteiger partial charge in [0.2, 0.25) is 0 Å². The van der Waals surface area contributed by atoms with Gasteiger partial charge in [0.15, 0.2) is 6.10 Å². The van der Waals surface area contributed by atoms with Gasteiger partial charge in [-0.3, -0.25) is 18.6 Å². The molecule has 0 bridgehead atoms. The van der Waals surface area contributed by atoms with E-state index in [4.69, 9.17) is 24.3 Å².